The zero-order chi connectivity index (χ0) is 27.6. The predicted octanol–water partition coefficient (Wildman–Crippen LogP) is 8.76. The van der Waals surface area contributed by atoms with Crippen molar-refractivity contribution in [3.63, 3.8) is 0 Å². The SMILES string of the molecule is O=C(Nc1cccc(C(=O)Nc2ccccc2S(Br)(Br)C(F)(F)C(F)(F)C(F)(F)F)c1)c1ccccc1. The number of nitrogens with one attached hydrogen (secondary N) is 2. The van der Waals surface area contributed by atoms with Gasteiger partial charge in [0, 0.05) is 21.7 Å². The van der Waals surface area contributed by atoms with Crippen LogP contribution < -0.4 is 10.6 Å². The van der Waals surface area contributed by atoms with E-state index < -0.39 is 46.6 Å². The Balaban J connectivity index is 1.89. The lowest BCUT2D eigenvalue weighted by Crippen LogP contribution is -2.52. The molecule has 0 heterocycles. The lowest BCUT2D eigenvalue weighted by atomic mass is 10.1. The highest BCUT2D eigenvalue weighted by Crippen LogP contribution is 2.82. The molecule has 0 bridgehead atoms. The van der Waals surface area contributed by atoms with Gasteiger partial charge in [-0.1, -0.05) is 36.4 Å². The van der Waals surface area contributed by atoms with E-state index in [1.807, 2.05) is 0 Å². The maximum atomic E-state index is 14.6. The number of hydrogen-bond donors (Lipinski definition) is 2. The van der Waals surface area contributed by atoms with Crippen molar-refractivity contribution in [1.29, 1.82) is 0 Å². The number of anilines is 2. The quantitative estimate of drug-likeness (QED) is 0.246. The Labute approximate surface area is 222 Å². The number of amides is 2. The van der Waals surface area contributed by atoms with E-state index in [2.05, 4.69) is 40.3 Å². The molecule has 0 aliphatic rings. The van der Waals surface area contributed by atoms with E-state index >= 15 is 0 Å². The van der Waals surface area contributed by atoms with Crippen LogP contribution in [-0.4, -0.2) is 29.2 Å². The minimum atomic E-state index is -6.54. The predicted molar refractivity (Wildman–Crippen MR) is 135 cm³/mol. The number of alkyl halides is 7. The van der Waals surface area contributed by atoms with Crippen LogP contribution in [0.15, 0.2) is 83.8 Å². The van der Waals surface area contributed by atoms with Gasteiger partial charge in [0.15, 0.2) is 0 Å². The number of carbonyl (C=O) groups is 2. The zero-order valence-electron chi connectivity index (χ0n) is 18.1. The highest BCUT2D eigenvalue weighted by Gasteiger charge is 2.78. The van der Waals surface area contributed by atoms with Gasteiger partial charge in [0.05, 0.1) is 5.69 Å². The fourth-order valence-electron chi connectivity index (χ4n) is 2.98. The molecule has 2 N–H and O–H groups in total. The molecule has 3 rings (SSSR count). The first-order chi connectivity index (χ1) is 17.1. The Hall–Kier alpha value is -2.58. The van der Waals surface area contributed by atoms with Crippen LogP contribution in [0.3, 0.4) is 0 Å². The van der Waals surface area contributed by atoms with Crippen molar-refractivity contribution in [3.8, 4) is 0 Å². The Bertz CT molecular complexity index is 1310. The summed E-state index contributed by atoms with van der Waals surface area (Å²) in [7, 11) is 0. The molecule has 0 radical (unpaired) electrons. The molecule has 0 atom stereocenters. The molecule has 0 saturated heterocycles. The first-order valence-electron chi connectivity index (χ1n) is 10.0. The van der Waals surface area contributed by atoms with Gasteiger partial charge in [-0.15, -0.1) is 0 Å². The van der Waals surface area contributed by atoms with Crippen LogP contribution in [-0.2, 0) is 0 Å². The highest BCUT2D eigenvalue weighted by molar-refractivity contribution is 9.91. The van der Waals surface area contributed by atoms with Gasteiger partial charge in [-0.2, -0.15) is 30.7 Å². The number of para-hydroxylation sites is 1. The van der Waals surface area contributed by atoms with E-state index in [-0.39, 0.29) is 11.3 Å². The number of carbonyl (C=O) groups excluding carboxylic acids is 2. The van der Waals surface area contributed by atoms with Gasteiger partial charge in [-0.3, -0.25) is 9.59 Å². The first kappa shape index (κ1) is 29.0. The van der Waals surface area contributed by atoms with Crippen LogP contribution in [0.25, 0.3) is 0 Å². The van der Waals surface area contributed by atoms with Crippen molar-refractivity contribution < 1.29 is 40.3 Å². The van der Waals surface area contributed by atoms with Crippen LogP contribution in [0.1, 0.15) is 20.7 Å². The second-order valence-electron chi connectivity index (χ2n) is 7.41. The maximum absolute atomic E-state index is 14.6. The van der Waals surface area contributed by atoms with E-state index in [0.29, 0.717) is 5.56 Å². The summed E-state index contributed by atoms with van der Waals surface area (Å²) in [6.07, 6.45) is -6.54. The van der Waals surface area contributed by atoms with Crippen molar-refractivity contribution >= 4 is 59.7 Å². The van der Waals surface area contributed by atoms with Crippen molar-refractivity contribution in [2.45, 2.75) is 22.2 Å². The highest BCUT2D eigenvalue weighted by atomic mass is 79.9. The third kappa shape index (κ3) is 5.80. The molecule has 4 nitrogen and oxygen atoms in total. The maximum Gasteiger partial charge on any atom is 0.460 e. The molecule has 3 aromatic carbocycles. The van der Waals surface area contributed by atoms with Crippen LogP contribution in [0.4, 0.5) is 42.1 Å². The lowest BCUT2D eigenvalue weighted by Gasteiger charge is -2.40. The standard InChI is InChI=1S/C23H15Br2F7N2O2S/c24-37(25,23(31,32)21(26,27)22(28,29)30)18-12-5-4-11-17(18)34-20(36)15-9-6-10-16(13-15)33-19(35)14-7-2-1-3-8-14/h1-13H,(H,33,35)(H,34,36). The average molecular weight is 676 g/mol. The van der Waals surface area contributed by atoms with Crippen molar-refractivity contribution in [3.05, 3.63) is 90.0 Å². The molecular formula is C23H15Br2F7N2O2S. The van der Waals surface area contributed by atoms with Crippen LogP contribution in [0.2, 0.25) is 0 Å². The molecule has 0 aromatic heterocycles. The smallest absolute Gasteiger partial charge is 0.322 e. The minimum Gasteiger partial charge on any atom is -0.322 e. The second kappa shape index (κ2) is 10.7. The Morgan fingerprint density at radius 1 is 0.676 bits per heavy atom. The van der Waals surface area contributed by atoms with Gasteiger partial charge >= 0.3 is 17.4 Å². The molecule has 3 aromatic rings. The van der Waals surface area contributed by atoms with E-state index in [1.165, 1.54) is 30.3 Å². The molecular weight excluding hydrogens is 661 g/mol. The second-order valence-corrected chi connectivity index (χ2v) is 17.7. The van der Waals surface area contributed by atoms with Crippen LogP contribution >= 0.6 is 36.5 Å². The topological polar surface area (TPSA) is 58.2 Å². The minimum absolute atomic E-state index is 0.0576. The number of hydrogen-bond acceptors (Lipinski definition) is 2. The monoisotopic (exact) mass is 674 g/mol. The molecule has 37 heavy (non-hydrogen) atoms. The van der Waals surface area contributed by atoms with E-state index in [0.717, 1.165) is 18.2 Å². The van der Waals surface area contributed by atoms with Crippen LogP contribution in [0.5, 0.6) is 0 Å². The Kier molecular flexibility index (Phi) is 8.35. The molecule has 0 aliphatic carbocycles. The summed E-state index contributed by atoms with van der Waals surface area (Å²) in [5, 5.41) is -0.810. The van der Waals surface area contributed by atoms with E-state index in [4.69, 9.17) is 0 Å². The lowest BCUT2D eigenvalue weighted by molar-refractivity contribution is -0.330. The van der Waals surface area contributed by atoms with Gasteiger partial charge in [0.25, 0.3) is 11.8 Å². The summed E-state index contributed by atoms with van der Waals surface area (Å²) in [6, 6.07) is 18.0. The summed E-state index contributed by atoms with van der Waals surface area (Å²) < 4.78 is 95.2. The average Bonchev–Trinajstić information content (AvgIpc) is 2.84. The number of benzene rings is 3. The van der Waals surface area contributed by atoms with E-state index in [1.54, 1.807) is 30.3 Å². The van der Waals surface area contributed by atoms with Gasteiger partial charge < -0.3 is 10.6 Å². The third-order valence-electron chi connectivity index (χ3n) is 4.87. The van der Waals surface area contributed by atoms with Crippen molar-refractivity contribution in [1.82, 2.24) is 0 Å². The van der Waals surface area contributed by atoms with Gasteiger partial charge in [-0.25, -0.2) is 0 Å². The summed E-state index contributed by atoms with van der Waals surface area (Å²) in [5.41, 5.74) is 0.0642. The fourth-order valence-corrected chi connectivity index (χ4v) is 7.26. The molecule has 0 aliphatic heterocycles. The zero-order valence-corrected chi connectivity index (χ0v) is 22.1. The van der Waals surface area contributed by atoms with Crippen molar-refractivity contribution in [2.75, 3.05) is 10.6 Å². The summed E-state index contributed by atoms with van der Waals surface area (Å²) in [4.78, 5) is 24.5. The molecule has 14 heteroatoms. The van der Waals surface area contributed by atoms with E-state index in [9.17, 15) is 40.3 Å². The molecule has 2 amide bonds. The Morgan fingerprint density at radius 2 is 1.22 bits per heavy atom. The fraction of sp³-hybridized carbons (Fsp3) is 0.130. The molecule has 0 unspecified atom stereocenters. The largest absolute Gasteiger partial charge is 0.460 e. The summed E-state index contributed by atoms with van der Waals surface area (Å²) in [6.45, 7) is -4.54. The third-order valence-corrected chi connectivity index (χ3v) is 11.2. The number of halogens is 9. The molecule has 0 spiro atoms. The van der Waals surface area contributed by atoms with Gasteiger partial charge in [-0.05, 0) is 79.0 Å². The van der Waals surface area contributed by atoms with Crippen LogP contribution in [0, 0.1) is 0 Å². The first-order valence-corrected chi connectivity index (χ1v) is 15.3. The molecule has 0 fully saturated rings. The Morgan fingerprint density at radius 3 is 1.84 bits per heavy atom. The van der Waals surface area contributed by atoms with Gasteiger partial charge in [0.1, 0.15) is 0 Å². The number of rotatable bonds is 7. The summed E-state index contributed by atoms with van der Waals surface area (Å²) in [5.74, 6) is -7.77. The normalized spacial score (nSPS) is 13.1. The summed E-state index contributed by atoms with van der Waals surface area (Å²) >= 11 is 4.74. The molecule has 0 saturated carbocycles. The van der Waals surface area contributed by atoms with Crippen molar-refractivity contribution in [2.24, 2.45) is 0 Å². The van der Waals surface area contributed by atoms with Gasteiger partial charge in [0.2, 0.25) is 0 Å². The molecule has 198 valence electrons.